The molecule has 3 rings (SSSR count). The lowest BCUT2D eigenvalue weighted by Crippen LogP contribution is -2.49. The van der Waals surface area contributed by atoms with Gasteiger partial charge in [0.1, 0.15) is 11.0 Å². The number of thioether (sulfide) groups is 1. The van der Waals surface area contributed by atoms with E-state index in [1.807, 2.05) is 74.7 Å². The number of nitrogens with zero attached hydrogens (tertiary/aromatic N) is 2. The first-order valence-electron chi connectivity index (χ1n) is 9.91. The third kappa shape index (κ3) is 6.28. The van der Waals surface area contributed by atoms with E-state index in [2.05, 4.69) is 26.1 Å². The second kappa shape index (κ2) is 10.9. The molecule has 3 N–H and O–H groups in total. The van der Waals surface area contributed by atoms with Gasteiger partial charge in [0.05, 0.1) is 0 Å². The minimum Gasteiger partial charge on any atom is -0.326 e. The molecular formula is C22H25N5O2S2. The minimum absolute atomic E-state index is 0.0638. The molecule has 0 fully saturated rings. The number of hydrogen-bond donors (Lipinski definition) is 3. The third-order valence-electron chi connectivity index (χ3n) is 4.81. The van der Waals surface area contributed by atoms with E-state index in [1.165, 1.54) is 11.3 Å². The number of carbonyl (C=O) groups excluding carboxylic acids is 2. The summed E-state index contributed by atoms with van der Waals surface area (Å²) in [5.74, 6) is -0.385. The van der Waals surface area contributed by atoms with E-state index in [9.17, 15) is 9.59 Å². The van der Waals surface area contributed by atoms with E-state index in [1.54, 1.807) is 11.8 Å². The van der Waals surface area contributed by atoms with Crippen molar-refractivity contribution in [2.75, 3.05) is 16.9 Å². The van der Waals surface area contributed by atoms with E-state index in [-0.39, 0.29) is 11.8 Å². The number of urea groups is 1. The summed E-state index contributed by atoms with van der Waals surface area (Å²) in [6.07, 6.45) is 2.72. The second-order valence-corrected chi connectivity index (χ2v) is 8.81. The van der Waals surface area contributed by atoms with Gasteiger partial charge in [-0.25, -0.2) is 4.79 Å². The van der Waals surface area contributed by atoms with Crippen LogP contribution >= 0.6 is 23.1 Å². The molecule has 0 saturated carbocycles. The van der Waals surface area contributed by atoms with Crippen molar-refractivity contribution in [1.29, 1.82) is 0 Å². The summed E-state index contributed by atoms with van der Waals surface area (Å²) in [4.78, 5) is 26.5. The van der Waals surface area contributed by atoms with Crippen molar-refractivity contribution in [3.05, 3.63) is 54.6 Å². The molecule has 31 heavy (non-hydrogen) atoms. The fraction of sp³-hybridized carbons (Fsp3) is 0.273. The molecule has 3 aromatic rings. The van der Waals surface area contributed by atoms with Crippen LogP contribution in [-0.2, 0) is 4.79 Å². The molecule has 0 unspecified atom stereocenters. The van der Waals surface area contributed by atoms with Crippen LogP contribution in [0, 0.1) is 5.92 Å². The van der Waals surface area contributed by atoms with Gasteiger partial charge in [0.15, 0.2) is 0 Å². The number of amides is 3. The van der Waals surface area contributed by atoms with Crippen LogP contribution in [0.25, 0.3) is 10.6 Å². The van der Waals surface area contributed by atoms with Gasteiger partial charge >= 0.3 is 6.03 Å². The molecule has 7 nitrogen and oxygen atoms in total. The van der Waals surface area contributed by atoms with Gasteiger partial charge in [-0.05, 0) is 36.4 Å². The van der Waals surface area contributed by atoms with Gasteiger partial charge in [-0.15, -0.1) is 22.0 Å². The Bertz CT molecular complexity index is 1010. The molecular weight excluding hydrogens is 430 g/mol. The average molecular weight is 456 g/mol. The average Bonchev–Trinajstić information content (AvgIpc) is 3.26. The highest BCUT2D eigenvalue weighted by molar-refractivity contribution is 7.98. The molecule has 3 amide bonds. The fourth-order valence-corrected chi connectivity index (χ4v) is 4.00. The second-order valence-electron chi connectivity index (χ2n) is 6.96. The van der Waals surface area contributed by atoms with Gasteiger partial charge in [0.2, 0.25) is 11.0 Å². The van der Waals surface area contributed by atoms with Crippen LogP contribution in [0.3, 0.4) is 0 Å². The first-order valence-corrected chi connectivity index (χ1v) is 12.0. The predicted octanol–water partition coefficient (Wildman–Crippen LogP) is 5.10. The highest BCUT2D eigenvalue weighted by atomic mass is 32.2. The summed E-state index contributed by atoms with van der Waals surface area (Å²) in [5.41, 5.74) is 1.60. The topological polar surface area (TPSA) is 96.0 Å². The lowest BCUT2D eigenvalue weighted by atomic mass is 9.98. The zero-order valence-corrected chi connectivity index (χ0v) is 19.2. The fourth-order valence-electron chi connectivity index (χ4n) is 2.84. The Kier molecular flexibility index (Phi) is 8.02. The SMILES string of the molecule is CC[C@H](C)[C@H](NC(=O)Nc1ccc(SC)cc1)C(=O)Nc1nnc(-c2ccccc2)s1. The molecule has 2 atom stereocenters. The lowest BCUT2D eigenvalue weighted by molar-refractivity contribution is -0.119. The molecule has 0 aliphatic carbocycles. The Morgan fingerprint density at radius 2 is 1.74 bits per heavy atom. The molecule has 0 spiro atoms. The van der Waals surface area contributed by atoms with Crippen molar-refractivity contribution in [3.63, 3.8) is 0 Å². The minimum atomic E-state index is -0.709. The molecule has 2 aromatic carbocycles. The van der Waals surface area contributed by atoms with Crippen LogP contribution in [-0.4, -0.2) is 34.4 Å². The van der Waals surface area contributed by atoms with Crippen LogP contribution in [0.5, 0.6) is 0 Å². The van der Waals surface area contributed by atoms with Crippen molar-refractivity contribution < 1.29 is 9.59 Å². The first kappa shape index (κ1) is 22.8. The summed E-state index contributed by atoms with van der Waals surface area (Å²) < 4.78 is 0. The molecule has 162 valence electrons. The van der Waals surface area contributed by atoms with Gasteiger partial charge in [-0.2, -0.15) is 0 Å². The van der Waals surface area contributed by atoms with E-state index >= 15 is 0 Å². The molecule has 0 saturated heterocycles. The van der Waals surface area contributed by atoms with Crippen LogP contribution in [0.1, 0.15) is 20.3 Å². The van der Waals surface area contributed by atoms with Gasteiger partial charge in [0.25, 0.3) is 0 Å². The highest BCUT2D eigenvalue weighted by Crippen LogP contribution is 2.26. The summed E-state index contributed by atoms with van der Waals surface area (Å²) in [5, 5.41) is 17.7. The number of nitrogens with one attached hydrogen (secondary N) is 3. The molecule has 1 aromatic heterocycles. The van der Waals surface area contributed by atoms with Gasteiger partial charge < -0.3 is 10.6 Å². The monoisotopic (exact) mass is 455 g/mol. The Morgan fingerprint density at radius 3 is 2.39 bits per heavy atom. The Morgan fingerprint density at radius 1 is 1.03 bits per heavy atom. The normalized spacial score (nSPS) is 12.6. The highest BCUT2D eigenvalue weighted by Gasteiger charge is 2.27. The van der Waals surface area contributed by atoms with Crippen molar-refractivity contribution in [3.8, 4) is 10.6 Å². The van der Waals surface area contributed by atoms with E-state index in [0.29, 0.717) is 10.8 Å². The maximum absolute atomic E-state index is 12.9. The maximum atomic E-state index is 12.9. The van der Waals surface area contributed by atoms with Gasteiger partial charge in [-0.3, -0.25) is 10.1 Å². The van der Waals surface area contributed by atoms with Crippen LogP contribution in [0.2, 0.25) is 0 Å². The summed E-state index contributed by atoms with van der Waals surface area (Å²) in [6, 6.07) is 16.0. The quantitative estimate of drug-likeness (QED) is 0.411. The van der Waals surface area contributed by atoms with Crippen LogP contribution < -0.4 is 16.0 Å². The van der Waals surface area contributed by atoms with E-state index in [0.717, 1.165) is 21.9 Å². The van der Waals surface area contributed by atoms with Crippen molar-refractivity contribution in [2.45, 2.75) is 31.2 Å². The number of anilines is 2. The zero-order valence-electron chi connectivity index (χ0n) is 17.6. The van der Waals surface area contributed by atoms with Crippen LogP contribution in [0.15, 0.2) is 59.5 Å². The van der Waals surface area contributed by atoms with Crippen LogP contribution in [0.4, 0.5) is 15.6 Å². The van der Waals surface area contributed by atoms with Crippen molar-refractivity contribution in [2.24, 2.45) is 5.92 Å². The predicted molar refractivity (Wildman–Crippen MR) is 128 cm³/mol. The number of benzene rings is 2. The third-order valence-corrected chi connectivity index (χ3v) is 6.44. The summed E-state index contributed by atoms with van der Waals surface area (Å²) in [6.45, 7) is 3.90. The Balaban J connectivity index is 1.65. The molecule has 0 radical (unpaired) electrons. The first-order chi connectivity index (χ1) is 15.0. The van der Waals surface area contributed by atoms with E-state index < -0.39 is 12.1 Å². The molecule has 1 heterocycles. The van der Waals surface area contributed by atoms with Gasteiger partial charge in [-0.1, -0.05) is 61.9 Å². The Hall–Kier alpha value is -2.91. The smallest absolute Gasteiger partial charge is 0.319 e. The maximum Gasteiger partial charge on any atom is 0.319 e. The number of hydrogen-bond acceptors (Lipinski definition) is 6. The van der Waals surface area contributed by atoms with Crippen molar-refractivity contribution in [1.82, 2.24) is 15.5 Å². The summed E-state index contributed by atoms with van der Waals surface area (Å²) in [7, 11) is 0. The zero-order chi connectivity index (χ0) is 22.2. The molecule has 0 bridgehead atoms. The number of rotatable bonds is 8. The van der Waals surface area contributed by atoms with Crippen molar-refractivity contribution >= 4 is 45.9 Å². The molecule has 9 heteroatoms. The van der Waals surface area contributed by atoms with E-state index in [4.69, 9.17) is 0 Å². The standard InChI is InChI=1S/C22H25N5O2S2/c1-4-14(2)18(24-21(29)23-16-10-12-17(30-3)13-11-16)19(28)25-22-27-26-20(31-22)15-8-6-5-7-9-15/h5-14,18H,4H2,1-3H3,(H2,23,24,29)(H,25,27,28)/t14-,18-/m0/s1. The Labute approximate surface area is 190 Å². The molecule has 0 aliphatic heterocycles. The number of carbonyl (C=O) groups is 2. The molecule has 0 aliphatic rings. The number of aromatic nitrogens is 2. The lowest BCUT2D eigenvalue weighted by Gasteiger charge is -2.23. The summed E-state index contributed by atoms with van der Waals surface area (Å²) >= 11 is 2.92. The largest absolute Gasteiger partial charge is 0.326 e. The van der Waals surface area contributed by atoms with Gasteiger partial charge in [0, 0.05) is 16.1 Å².